The smallest absolute Gasteiger partial charge is 0.408 e. The van der Waals surface area contributed by atoms with Crippen LogP contribution in [0.25, 0.3) is 0 Å². The Balaban J connectivity index is 4.45. The number of aliphatic hydroxyl groups is 1. The van der Waals surface area contributed by atoms with Crippen molar-refractivity contribution in [3.63, 3.8) is 0 Å². The highest BCUT2D eigenvalue weighted by Gasteiger charge is 2.25. The monoisotopic (exact) mass is 385 g/mol. The maximum absolute atomic E-state index is 11.8. The number of carbonyl (C=O) groups is 2. The van der Waals surface area contributed by atoms with Gasteiger partial charge < -0.3 is 19.9 Å². The van der Waals surface area contributed by atoms with Gasteiger partial charge in [-0.1, -0.05) is 15.9 Å². The van der Waals surface area contributed by atoms with Gasteiger partial charge in [-0.15, -0.1) is 0 Å². The van der Waals surface area contributed by atoms with Crippen LogP contribution >= 0.6 is 27.7 Å². The Bertz CT molecular complexity index is 335. The Morgan fingerprint density at radius 2 is 1.95 bits per heavy atom. The van der Waals surface area contributed by atoms with Crippen LogP contribution in [-0.4, -0.2) is 58.4 Å². The number of thioether (sulfide) groups is 1. The van der Waals surface area contributed by atoms with Crippen molar-refractivity contribution in [3.05, 3.63) is 0 Å². The van der Waals surface area contributed by atoms with E-state index >= 15 is 0 Å². The third-order valence-electron chi connectivity index (χ3n) is 2.03. The molecule has 0 aromatic carbocycles. The van der Waals surface area contributed by atoms with E-state index in [1.165, 1.54) is 11.8 Å². The molecule has 0 aromatic rings. The molecule has 0 unspecified atom stereocenters. The van der Waals surface area contributed by atoms with Crippen molar-refractivity contribution in [1.82, 2.24) is 5.32 Å². The van der Waals surface area contributed by atoms with Crippen LogP contribution in [-0.2, 0) is 14.3 Å². The van der Waals surface area contributed by atoms with Crippen molar-refractivity contribution in [1.29, 1.82) is 0 Å². The first-order valence-electron chi connectivity index (χ1n) is 6.67. The van der Waals surface area contributed by atoms with Gasteiger partial charge >= 0.3 is 12.1 Å². The third kappa shape index (κ3) is 10.8. The summed E-state index contributed by atoms with van der Waals surface area (Å²) in [6.07, 6.45) is -1.17. The summed E-state index contributed by atoms with van der Waals surface area (Å²) in [5.74, 6) is 0.253. The van der Waals surface area contributed by atoms with Crippen molar-refractivity contribution in [2.45, 2.75) is 45.4 Å². The number of halogens is 1. The van der Waals surface area contributed by atoms with Crippen molar-refractivity contribution in [2.75, 3.05) is 23.4 Å². The van der Waals surface area contributed by atoms with E-state index in [0.29, 0.717) is 16.8 Å². The fourth-order valence-corrected chi connectivity index (χ4v) is 2.74. The minimum absolute atomic E-state index is 0.236. The second-order valence-corrected chi connectivity index (χ2v) is 7.02. The molecule has 0 heterocycles. The van der Waals surface area contributed by atoms with Gasteiger partial charge in [-0.05, 0) is 27.7 Å². The molecule has 2 N–H and O–H groups in total. The molecule has 0 spiro atoms. The summed E-state index contributed by atoms with van der Waals surface area (Å²) in [5, 5.41) is 12.4. The first kappa shape index (κ1) is 20.5. The molecule has 0 aromatic heterocycles. The SMILES string of the molecule is CCOC(=O)[C@H](CSC[C@H](O)CBr)NC(=O)OC(C)(C)C. The Morgan fingerprint density at radius 3 is 2.43 bits per heavy atom. The van der Waals surface area contributed by atoms with Crippen LogP contribution < -0.4 is 5.32 Å². The quantitative estimate of drug-likeness (QED) is 0.490. The van der Waals surface area contributed by atoms with Crippen LogP contribution in [0.1, 0.15) is 27.7 Å². The molecular weight excluding hydrogens is 362 g/mol. The van der Waals surface area contributed by atoms with Crippen molar-refractivity contribution in [2.24, 2.45) is 0 Å². The van der Waals surface area contributed by atoms with Crippen molar-refractivity contribution in [3.8, 4) is 0 Å². The maximum atomic E-state index is 11.8. The molecule has 2 atom stereocenters. The first-order valence-corrected chi connectivity index (χ1v) is 8.95. The molecule has 8 heteroatoms. The molecule has 0 saturated heterocycles. The highest BCUT2D eigenvalue weighted by molar-refractivity contribution is 9.09. The number of rotatable bonds is 8. The lowest BCUT2D eigenvalue weighted by Gasteiger charge is -2.22. The molecule has 0 rings (SSSR count). The van der Waals surface area contributed by atoms with E-state index in [4.69, 9.17) is 9.47 Å². The third-order valence-corrected chi connectivity index (χ3v) is 3.97. The zero-order valence-electron chi connectivity index (χ0n) is 12.8. The molecule has 0 radical (unpaired) electrons. The van der Waals surface area contributed by atoms with Gasteiger partial charge in [-0.3, -0.25) is 0 Å². The molecule has 21 heavy (non-hydrogen) atoms. The number of aliphatic hydroxyl groups excluding tert-OH is 1. The van der Waals surface area contributed by atoms with E-state index in [9.17, 15) is 14.7 Å². The molecular formula is C13H24BrNO5S. The Kier molecular flexibility index (Phi) is 10.1. The number of ether oxygens (including phenoxy) is 2. The average Bonchev–Trinajstić information content (AvgIpc) is 2.35. The Labute approximate surface area is 138 Å². The largest absolute Gasteiger partial charge is 0.464 e. The van der Waals surface area contributed by atoms with E-state index in [1.54, 1.807) is 27.7 Å². The zero-order chi connectivity index (χ0) is 16.5. The number of amides is 1. The van der Waals surface area contributed by atoms with Gasteiger partial charge in [0.2, 0.25) is 0 Å². The predicted octanol–water partition coefficient (Wildman–Crippen LogP) is 1.93. The first-order chi connectivity index (χ1) is 9.69. The molecule has 1 amide bonds. The minimum atomic E-state index is -0.799. The van der Waals surface area contributed by atoms with Crippen molar-refractivity contribution < 1.29 is 24.2 Å². The van der Waals surface area contributed by atoms with Crippen LogP contribution in [0.4, 0.5) is 4.79 Å². The van der Waals surface area contributed by atoms with Gasteiger partial charge in [0.1, 0.15) is 11.6 Å². The molecule has 6 nitrogen and oxygen atoms in total. The van der Waals surface area contributed by atoms with Gasteiger partial charge in [0.25, 0.3) is 0 Å². The lowest BCUT2D eigenvalue weighted by atomic mass is 10.2. The number of esters is 1. The second kappa shape index (κ2) is 10.3. The molecule has 124 valence electrons. The number of carbonyl (C=O) groups excluding carboxylic acids is 2. The molecule has 0 aliphatic carbocycles. The highest BCUT2D eigenvalue weighted by atomic mass is 79.9. The van der Waals surface area contributed by atoms with Crippen molar-refractivity contribution >= 4 is 39.8 Å². The van der Waals surface area contributed by atoms with Crippen LogP contribution in [0.3, 0.4) is 0 Å². The van der Waals surface area contributed by atoms with Crippen LogP contribution in [0.2, 0.25) is 0 Å². The molecule has 0 aliphatic rings. The summed E-state index contributed by atoms with van der Waals surface area (Å²) in [6.45, 7) is 7.16. The molecule has 0 saturated carbocycles. The normalized spacial score (nSPS) is 14.2. The summed E-state index contributed by atoms with van der Waals surface area (Å²) < 4.78 is 10.0. The van der Waals surface area contributed by atoms with E-state index < -0.39 is 29.8 Å². The van der Waals surface area contributed by atoms with Gasteiger partial charge in [-0.2, -0.15) is 11.8 Å². The molecule has 0 bridgehead atoms. The fraction of sp³-hybridized carbons (Fsp3) is 0.846. The lowest BCUT2D eigenvalue weighted by molar-refractivity contribution is -0.145. The van der Waals surface area contributed by atoms with Gasteiger partial charge in [-0.25, -0.2) is 9.59 Å². The van der Waals surface area contributed by atoms with Crippen LogP contribution in [0, 0.1) is 0 Å². The summed E-state index contributed by atoms with van der Waals surface area (Å²) in [7, 11) is 0. The number of hydrogen-bond donors (Lipinski definition) is 2. The van der Waals surface area contributed by atoms with Gasteiger partial charge in [0.05, 0.1) is 12.7 Å². The Morgan fingerprint density at radius 1 is 1.33 bits per heavy atom. The van der Waals surface area contributed by atoms with Crippen LogP contribution in [0.5, 0.6) is 0 Å². The standard InChI is InChI=1S/C13H24BrNO5S/c1-5-19-11(17)10(8-21-7-9(16)6-14)15-12(18)20-13(2,3)4/h9-10,16H,5-8H2,1-4H3,(H,15,18)/t9-,10+/m1/s1. The number of nitrogens with one attached hydrogen (secondary N) is 1. The Hall–Kier alpha value is -0.470. The highest BCUT2D eigenvalue weighted by Crippen LogP contribution is 2.10. The van der Waals surface area contributed by atoms with E-state index in [-0.39, 0.29) is 6.61 Å². The zero-order valence-corrected chi connectivity index (χ0v) is 15.3. The lowest BCUT2D eigenvalue weighted by Crippen LogP contribution is -2.46. The summed E-state index contributed by atoms with van der Waals surface area (Å²) in [4.78, 5) is 23.5. The summed E-state index contributed by atoms with van der Waals surface area (Å²) >= 11 is 4.52. The van der Waals surface area contributed by atoms with Crippen LogP contribution in [0.15, 0.2) is 0 Å². The average molecular weight is 386 g/mol. The predicted molar refractivity (Wildman–Crippen MR) is 86.9 cm³/mol. The van der Waals surface area contributed by atoms with Gasteiger partial charge in [0, 0.05) is 16.8 Å². The summed E-state index contributed by atoms with van der Waals surface area (Å²) in [6, 6.07) is -0.799. The number of alkyl halides is 1. The number of alkyl carbamates (subject to hydrolysis) is 1. The molecule has 0 fully saturated rings. The second-order valence-electron chi connectivity index (χ2n) is 5.30. The summed E-state index contributed by atoms with van der Waals surface area (Å²) in [5.41, 5.74) is -0.636. The van der Waals surface area contributed by atoms with E-state index in [1.807, 2.05) is 0 Å². The van der Waals surface area contributed by atoms with E-state index in [0.717, 1.165) is 0 Å². The molecule has 0 aliphatic heterocycles. The van der Waals surface area contributed by atoms with E-state index in [2.05, 4.69) is 21.2 Å². The topological polar surface area (TPSA) is 84.9 Å². The fourth-order valence-electron chi connectivity index (χ4n) is 1.23. The number of hydrogen-bond acceptors (Lipinski definition) is 6. The minimum Gasteiger partial charge on any atom is -0.464 e. The van der Waals surface area contributed by atoms with Gasteiger partial charge in [0.15, 0.2) is 0 Å². The maximum Gasteiger partial charge on any atom is 0.408 e.